The molecule has 0 radical (unpaired) electrons. The highest BCUT2D eigenvalue weighted by atomic mass is 16.6. The number of carbonyl (C=O) groups is 2. The molecule has 1 saturated carbocycles. The van der Waals surface area contributed by atoms with Crippen molar-refractivity contribution in [2.75, 3.05) is 13.7 Å². The molecule has 0 amide bonds. The van der Waals surface area contributed by atoms with Crippen LogP contribution in [0.1, 0.15) is 37.3 Å². The summed E-state index contributed by atoms with van der Waals surface area (Å²) in [6, 6.07) is 3.53. The molecule has 2 heterocycles. The third-order valence-electron chi connectivity index (χ3n) is 6.88. The van der Waals surface area contributed by atoms with Crippen molar-refractivity contribution in [3.63, 3.8) is 0 Å². The van der Waals surface area contributed by atoms with Gasteiger partial charge >= 0.3 is 5.97 Å². The first kappa shape index (κ1) is 16.4. The molecule has 0 N–H and O–H groups in total. The minimum Gasteiger partial charge on any atom is -0.493 e. The lowest BCUT2D eigenvalue weighted by atomic mass is 9.49. The lowest BCUT2D eigenvalue weighted by Gasteiger charge is -2.62. The predicted molar refractivity (Wildman–Crippen MR) is 92.3 cm³/mol. The van der Waals surface area contributed by atoms with E-state index in [2.05, 4.69) is 6.19 Å². The standard InChI is InChI=1S/C20H20N2O5/c1-11(23)27-20-6-5-13(24)18-19(20)7-8-22(10-21)15(20)9-12-3-4-14(25-2)17(26-18)16(12)19/h3-4,15,18H,5-9H2,1-2H3/t15-,18+,19+,20-/m0/s1. The normalized spacial score (nSPS) is 35.0. The molecule has 1 aromatic rings. The number of Topliss-reactive ketones (excluding diaryl/α,β-unsaturated/α-hetero) is 1. The van der Waals surface area contributed by atoms with Gasteiger partial charge in [0.25, 0.3) is 0 Å². The van der Waals surface area contributed by atoms with E-state index in [1.807, 2.05) is 12.1 Å². The molecule has 2 bridgehead atoms. The molecular weight excluding hydrogens is 348 g/mol. The highest BCUT2D eigenvalue weighted by molar-refractivity contribution is 5.90. The molecule has 1 aromatic carbocycles. The number of hydrogen-bond donors (Lipinski definition) is 0. The Labute approximate surface area is 156 Å². The van der Waals surface area contributed by atoms with E-state index in [9.17, 15) is 14.9 Å². The largest absolute Gasteiger partial charge is 0.493 e. The van der Waals surface area contributed by atoms with Crippen molar-refractivity contribution in [2.24, 2.45) is 0 Å². The molecule has 1 spiro atoms. The van der Waals surface area contributed by atoms with Gasteiger partial charge in [-0.1, -0.05) is 6.07 Å². The van der Waals surface area contributed by atoms with Crippen LogP contribution in [0.5, 0.6) is 11.5 Å². The van der Waals surface area contributed by atoms with Crippen LogP contribution in [0.25, 0.3) is 0 Å². The Balaban J connectivity index is 1.85. The molecule has 5 rings (SSSR count). The third-order valence-corrected chi connectivity index (χ3v) is 6.88. The fourth-order valence-electron chi connectivity index (χ4n) is 6.03. The van der Waals surface area contributed by atoms with E-state index >= 15 is 0 Å². The maximum Gasteiger partial charge on any atom is 0.303 e. The van der Waals surface area contributed by atoms with Gasteiger partial charge < -0.3 is 19.1 Å². The Morgan fingerprint density at radius 2 is 2.22 bits per heavy atom. The number of benzene rings is 1. The maximum atomic E-state index is 12.9. The van der Waals surface area contributed by atoms with E-state index in [0.717, 1.165) is 11.1 Å². The van der Waals surface area contributed by atoms with E-state index in [0.29, 0.717) is 37.3 Å². The van der Waals surface area contributed by atoms with Gasteiger partial charge in [0.05, 0.1) is 18.6 Å². The molecule has 4 atom stereocenters. The quantitative estimate of drug-likeness (QED) is 0.577. The summed E-state index contributed by atoms with van der Waals surface area (Å²) in [6.07, 6.45) is 3.33. The van der Waals surface area contributed by atoms with E-state index < -0.39 is 23.1 Å². The summed E-state index contributed by atoms with van der Waals surface area (Å²) in [5.41, 5.74) is 0.269. The number of esters is 1. The van der Waals surface area contributed by atoms with Crippen molar-refractivity contribution in [3.8, 4) is 17.7 Å². The lowest BCUT2D eigenvalue weighted by molar-refractivity contribution is -0.208. The van der Waals surface area contributed by atoms with Crippen molar-refractivity contribution < 1.29 is 23.8 Å². The summed E-state index contributed by atoms with van der Waals surface area (Å²) in [4.78, 5) is 26.8. The first-order chi connectivity index (χ1) is 13.0. The first-order valence-electron chi connectivity index (χ1n) is 9.24. The van der Waals surface area contributed by atoms with Gasteiger partial charge in [0, 0.05) is 25.5 Å². The third kappa shape index (κ3) is 1.71. The Morgan fingerprint density at radius 1 is 1.41 bits per heavy atom. The number of carbonyl (C=O) groups excluding carboxylic acids is 2. The first-order valence-corrected chi connectivity index (χ1v) is 9.24. The molecule has 1 saturated heterocycles. The van der Waals surface area contributed by atoms with Crippen LogP contribution in [0.3, 0.4) is 0 Å². The van der Waals surface area contributed by atoms with Gasteiger partial charge in [-0.15, -0.1) is 0 Å². The topological polar surface area (TPSA) is 88.9 Å². The Hall–Kier alpha value is -2.75. The molecule has 27 heavy (non-hydrogen) atoms. The molecule has 7 heteroatoms. The zero-order chi connectivity index (χ0) is 19.0. The van der Waals surface area contributed by atoms with Crippen molar-refractivity contribution in [3.05, 3.63) is 23.3 Å². The van der Waals surface area contributed by atoms with Crippen LogP contribution in [0.2, 0.25) is 0 Å². The van der Waals surface area contributed by atoms with Gasteiger partial charge in [0.1, 0.15) is 5.60 Å². The van der Waals surface area contributed by atoms with E-state index in [-0.39, 0.29) is 18.2 Å². The zero-order valence-corrected chi connectivity index (χ0v) is 15.3. The highest BCUT2D eigenvalue weighted by Crippen LogP contribution is 2.66. The molecule has 0 aromatic heterocycles. The van der Waals surface area contributed by atoms with E-state index in [1.165, 1.54) is 6.92 Å². The average molecular weight is 368 g/mol. The van der Waals surface area contributed by atoms with Crippen molar-refractivity contribution in [1.29, 1.82) is 5.26 Å². The summed E-state index contributed by atoms with van der Waals surface area (Å²) in [7, 11) is 1.58. The minimum absolute atomic E-state index is 0.0213. The van der Waals surface area contributed by atoms with Crippen LogP contribution in [0.15, 0.2) is 12.1 Å². The molecule has 2 fully saturated rings. The second kappa shape index (κ2) is 5.16. The molecule has 140 valence electrons. The number of likely N-dealkylation sites (tertiary alicyclic amines) is 1. The van der Waals surface area contributed by atoms with Gasteiger partial charge in [-0.3, -0.25) is 9.59 Å². The SMILES string of the molecule is COc1ccc2c3c1O[C@@H]1C(=O)CC[C@]4(OC(C)=O)[C@H](C2)N(C#N)CC[C@@]314. The number of methoxy groups -OCH3 is 1. The minimum atomic E-state index is -0.948. The number of nitrogens with zero attached hydrogens (tertiary/aromatic N) is 2. The Kier molecular flexibility index (Phi) is 3.14. The molecule has 0 unspecified atom stereocenters. The zero-order valence-electron chi connectivity index (χ0n) is 15.3. The van der Waals surface area contributed by atoms with Crippen LogP contribution in [0, 0.1) is 11.5 Å². The van der Waals surface area contributed by atoms with E-state index in [1.54, 1.807) is 12.0 Å². The van der Waals surface area contributed by atoms with Crippen molar-refractivity contribution in [2.45, 2.75) is 55.8 Å². The number of nitriles is 1. The van der Waals surface area contributed by atoms with Crippen LogP contribution in [-0.4, -0.2) is 48.1 Å². The predicted octanol–water partition coefficient (Wildman–Crippen LogP) is 1.47. The van der Waals surface area contributed by atoms with Gasteiger partial charge in [-0.25, -0.2) is 0 Å². The van der Waals surface area contributed by atoms with Crippen molar-refractivity contribution >= 4 is 11.8 Å². The van der Waals surface area contributed by atoms with Crippen LogP contribution < -0.4 is 9.47 Å². The number of piperidine rings is 1. The number of ketones is 1. The number of hydrogen-bond acceptors (Lipinski definition) is 7. The van der Waals surface area contributed by atoms with Gasteiger partial charge in [-0.2, -0.15) is 5.26 Å². The summed E-state index contributed by atoms with van der Waals surface area (Å²) in [5, 5.41) is 9.72. The summed E-state index contributed by atoms with van der Waals surface area (Å²) in [6.45, 7) is 1.90. The van der Waals surface area contributed by atoms with E-state index in [4.69, 9.17) is 14.2 Å². The second-order valence-electron chi connectivity index (χ2n) is 7.81. The highest BCUT2D eigenvalue weighted by Gasteiger charge is 2.75. The molecule has 7 nitrogen and oxygen atoms in total. The average Bonchev–Trinajstić information content (AvgIpc) is 2.99. The number of ether oxygens (including phenoxy) is 3. The summed E-state index contributed by atoms with van der Waals surface area (Å²) in [5.74, 6) is 0.805. The Morgan fingerprint density at radius 3 is 2.93 bits per heavy atom. The summed E-state index contributed by atoms with van der Waals surface area (Å²) >= 11 is 0. The van der Waals surface area contributed by atoms with Crippen molar-refractivity contribution in [1.82, 2.24) is 4.90 Å². The smallest absolute Gasteiger partial charge is 0.303 e. The summed E-state index contributed by atoms with van der Waals surface area (Å²) < 4.78 is 17.8. The maximum absolute atomic E-state index is 12.9. The number of rotatable bonds is 2. The Bertz CT molecular complexity index is 922. The van der Waals surface area contributed by atoms with Gasteiger partial charge in [-0.05, 0) is 30.9 Å². The molecular formula is C20H20N2O5. The lowest BCUT2D eigenvalue weighted by Crippen LogP contribution is -2.77. The van der Waals surface area contributed by atoms with Crippen LogP contribution in [0.4, 0.5) is 0 Å². The fraction of sp³-hybridized carbons (Fsp3) is 0.550. The molecule has 4 aliphatic rings. The van der Waals surface area contributed by atoms with Gasteiger partial charge in [0.2, 0.25) is 0 Å². The molecule has 2 aliphatic heterocycles. The second-order valence-corrected chi connectivity index (χ2v) is 7.81. The monoisotopic (exact) mass is 368 g/mol. The fourth-order valence-corrected chi connectivity index (χ4v) is 6.03. The van der Waals surface area contributed by atoms with Gasteiger partial charge in [0.15, 0.2) is 29.6 Å². The van der Waals surface area contributed by atoms with Crippen LogP contribution >= 0.6 is 0 Å². The van der Waals surface area contributed by atoms with Crippen LogP contribution in [-0.2, 0) is 26.2 Å². The molecule has 2 aliphatic carbocycles.